The Morgan fingerprint density at radius 1 is 1.14 bits per heavy atom. The molecule has 4 atom stereocenters. The van der Waals surface area contributed by atoms with Gasteiger partial charge in [0.05, 0.1) is 12.1 Å². The number of rotatable bonds is 3. The van der Waals surface area contributed by atoms with E-state index in [4.69, 9.17) is 0 Å². The van der Waals surface area contributed by atoms with E-state index in [1.54, 1.807) is 11.2 Å². The van der Waals surface area contributed by atoms with Gasteiger partial charge in [-0.2, -0.15) is 5.10 Å². The molecule has 0 amide bonds. The van der Waals surface area contributed by atoms with E-state index in [1.807, 2.05) is 69.3 Å². The minimum atomic E-state index is -0.980. The molecule has 4 rings (SSSR count). The second kappa shape index (κ2) is 7.06. The summed E-state index contributed by atoms with van der Waals surface area (Å²) in [5.74, 6) is -0.644. The Morgan fingerprint density at radius 3 is 2.41 bits per heavy atom. The summed E-state index contributed by atoms with van der Waals surface area (Å²) in [6, 6.07) is 12.7. The van der Waals surface area contributed by atoms with Crippen LogP contribution in [-0.4, -0.2) is 34.0 Å². The van der Waals surface area contributed by atoms with Crippen molar-refractivity contribution in [2.45, 2.75) is 44.8 Å². The van der Waals surface area contributed by atoms with Crippen molar-refractivity contribution in [1.29, 1.82) is 0 Å². The number of hydrazone groups is 1. The van der Waals surface area contributed by atoms with E-state index in [9.17, 15) is 14.9 Å². The van der Waals surface area contributed by atoms with E-state index in [0.717, 1.165) is 21.2 Å². The number of Topliss-reactive ketones (excluding diaryl/α,β-unsaturated/α-hetero) is 1. The van der Waals surface area contributed by atoms with Crippen LogP contribution in [0.3, 0.4) is 0 Å². The third-order valence-corrected chi connectivity index (χ3v) is 6.28. The molecule has 0 saturated carbocycles. The van der Waals surface area contributed by atoms with Gasteiger partial charge in [-0.05, 0) is 23.3 Å². The largest absolute Gasteiger partial charge is 0.297 e. The first-order valence-corrected chi connectivity index (χ1v) is 10.3. The smallest absolute Gasteiger partial charge is 0.248 e. The highest BCUT2D eigenvalue weighted by Gasteiger charge is 2.61. The average Bonchev–Trinajstić information content (AvgIpc) is 3.02. The highest BCUT2D eigenvalue weighted by molar-refractivity contribution is 9.10. The molecule has 2 aliphatic rings. The second-order valence-corrected chi connectivity index (χ2v) is 9.53. The first-order chi connectivity index (χ1) is 13.7. The predicted molar refractivity (Wildman–Crippen MR) is 115 cm³/mol. The summed E-state index contributed by atoms with van der Waals surface area (Å²) < 4.78 is 0.886. The van der Waals surface area contributed by atoms with Crippen LogP contribution in [-0.2, 0) is 4.79 Å². The Kier molecular flexibility index (Phi) is 4.81. The number of hydrogen-bond acceptors (Lipinski definition) is 5. The molecule has 150 valence electrons. The summed E-state index contributed by atoms with van der Waals surface area (Å²) in [4.78, 5) is 25.6. The number of carbonyl (C=O) groups excluding carboxylic acids is 1. The van der Waals surface area contributed by atoms with Crippen molar-refractivity contribution in [3.8, 4) is 0 Å². The van der Waals surface area contributed by atoms with E-state index in [2.05, 4.69) is 21.0 Å². The number of benzene rings is 2. The average molecular weight is 456 g/mol. The van der Waals surface area contributed by atoms with Crippen molar-refractivity contribution in [2.24, 2.45) is 10.5 Å². The Morgan fingerprint density at radius 2 is 1.79 bits per heavy atom. The molecule has 2 aromatic carbocycles. The van der Waals surface area contributed by atoms with Gasteiger partial charge in [-0.25, -0.2) is 0 Å². The maximum atomic E-state index is 13.5. The number of nitrogens with zero attached hydrogens (tertiary/aromatic N) is 3. The van der Waals surface area contributed by atoms with Gasteiger partial charge in [0.1, 0.15) is 12.1 Å². The van der Waals surface area contributed by atoms with Crippen LogP contribution in [0.1, 0.15) is 49.4 Å². The van der Waals surface area contributed by atoms with Gasteiger partial charge >= 0.3 is 0 Å². The lowest BCUT2D eigenvalue weighted by atomic mass is 9.78. The molecule has 0 aliphatic carbocycles. The number of fused-ring (bicyclic) bond motifs is 3. The molecule has 0 unspecified atom stereocenters. The fraction of sp³-hybridized carbons (Fsp3) is 0.364. The molecule has 2 aliphatic heterocycles. The first-order valence-electron chi connectivity index (χ1n) is 9.54. The molecule has 0 bridgehead atoms. The summed E-state index contributed by atoms with van der Waals surface area (Å²) >= 11 is 3.42. The Balaban J connectivity index is 1.93. The lowest BCUT2D eigenvalue weighted by Crippen LogP contribution is -2.43. The van der Waals surface area contributed by atoms with Crippen molar-refractivity contribution >= 4 is 27.9 Å². The third kappa shape index (κ3) is 3.27. The molecule has 6 nitrogen and oxygen atoms in total. The quantitative estimate of drug-likeness (QED) is 0.501. The molecule has 0 aromatic heterocycles. The van der Waals surface area contributed by atoms with Crippen molar-refractivity contribution in [1.82, 2.24) is 5.01 Å². The lowest BCUT2D eigenvalue weighted by molar-refractivity contribution is -0.529. The molecular weight excluding hydrogens is 434 g/mol. The molecule has 2 aromatic rings. The van der Waals surface area contributed by atoms with Gasteiger partial charge in [-0.3, -0.25) is 19.9 Å². The molecule has 1 fully saturated rings. The van der Waals surface area contributed by atoms with Gasteiger partial charge in [0, 0.05) is 20.4 Å². The van der Waals surface area contributed by atoms with E-state index in [1.165, 1.54) is 0 Å². The number of nitro groups is 1. The van der Waals surface area contributed by atoms with Crippen LogP contribution < -0.4 is 0 Å². The van der Waals surface area contributed by atoms with Crippen molar-refractivity contribution < 1.29 is 9.72 Å². The number of halogens is 1. The second-order valence-electron chi connectivity index (χ2n) is 8.61. The molecule has 2 heterocycles. The molecule has 0 spiro atoms. The SMILES string of the molecule is CC(C)(C)C(=O)[C@@H]1[C@H](c2ccc(Br)cc2)[C@@H]([N+](=O)[O-])[C@H]2c3ccccc3C=NN12. The van der Waals surface area contributed by atoms with Crippen molar-refractivity contribution in [2.75, 3.05) is 0 Å². The maximum Gasteiger partial charge on any atom is 0.248 e. The minimum absolute atomic E-state index is 0.0451. The van der Waals surface area contributed by atoms with E-state index in [0.29, 0.717) is 0 Å². The summed E-state index contributed by atoms with van der Waals surface area (Å²) in [6.07, 6.45) is 1.70. The predicted octanol–water partition coefficient (Wildman–Crippen LogP) is 4.57. The normalized spacial score (nSPS) is 25.4. The van der Waals surface area contributed by atoms with E-state index < -0.39 is 29.5 Å². The van der Waals surface area contributed by atoms with Crippen LogP contribution in [0.25, 0.3) is 0 Å². The molecule has 0 radical (unpaired) electrons. The first kappa shape index (κ1) is 19.8. The molecule has 7 heteroatoms. The van der Waals surface area contributed by atoms with Gasteiger partial charge in [-0.1, -0.05) is 73.1 Å². The number of hydrogen-bond donors (Lipinski definition) is 0. The van der Waals surface area contributed by atoms with E-state index >= 15 is 0 Å². The molecule has 29 heavy (non-hydrogen) atoms. The van der Waals surface area contributed by atoms with Crippen LogP contribution in [0, 0.1) is 15.5 Å². The maximum absolute atomic E-state index is 13.5. The zero-order valence-electron chi connectivity index (χ0n) is 16.4. The van der Waals surface area contributed by atoms with Crippen LogP contribution in [0.5, 0.6) is 0 Å². The van der Waals surface area contributed by atoms with Gasteiger partial charge in [0.25, 0.3) is 0 Å². The molecule has 1 saturated heterocycles. The van der Waals surface area contributed by atoms with Crippen LogP contribution in [0.4, 0.5) is 0 Å². The summed E-state index contributed by atoms with van der Waals surface area (Å²) in [7, 11) is 0. The summed E-state index contributed by atoms with van der Waals surface area (Å²) in [5.41, 5.74) is 1.83. The van der Waals surface area contributed by atoms with Gasteiger partial charge in [0.2, 0.25) is 6.04 Å². The highest BCUT2D eigenvalue weighted by atomic mass is 79.9. The monoisotopic (exact) mass is 455 g/mol. The van der Waals surface area contributed by atoms with Gasteiger partial charge < -0.3 is 0 Å². The Hall–Kier alpha value is -2.54. The fourth-order valence-corrected chi connectivity index (χ4v) is 4.68. The third-order valence-electron chi connectivity index (χ3n) is 5.75. The van der Waals surface area contributed by atoms with Crippen molar-refractivity contribution in [3.05, 3.63) is 79.8 Å². The van der Waals surface area contributed by atoms with Crippen molar-refractivity contribution in [3.63, 3.8) is 0 Å². The van der Waals surface area contributed by atoms with Crippen LogP contribution in [0.2, 0.25) is 0 Å². The number of carbonyl (C=O) groups is 1. The molecule has 0 N–H and O–H groups in total. The highest BCUT2D eigenvalue weighted by Crippen LogP contribution is 2.50. The topological polar surface area (TPSA) is 75.8 Å². The summed E-state index contributed by atoms with van der Waals surface area (Å²) in [6.45, 7) is 5.55. The zero-order chi connectivity index (χ0) is 20.9. The Bertz CT molecular complexity index is 997. The minimum Gasteiger partial charge on any atom is -0.297 e. The van der Waals surface area contributed by atoms with E-state index in [-0.39, 0.29) is 10.7 Å². The Labute approximate surface area is 177 Å². The lowest BCUT2D eigenvalue weighted by Gasteiger charge is -2.33. The standard InChI is InChI=1S/C22H22BrN3O3/c1-22(2,3)21(27)20-17(13-8-10-15(23)11-9-13)19(26(28)29)18-16-7-5-4-6-14(16)12-24-25(18)20/h4-12,17-20H,1-3H3/t17-,18-,19-,20+/m1/s1. The molecular formula is C22H22BrN3O3. The number of ketones is 1. The fourth-order valence-electron chi connectivity index (χ4n) is 4.41. The van der Waals surface area contributed by atoms with Crippen LogP contribution >= 0.6 is 15.9 Å². The van der Waals surface area contributed by atoms with Gasteiger partial charge in [0.15, 0.2) is 5.78 Å². The summed E-state index contributed by atoms with van der Waals surface area (Å²) in [5, 5.41) is 18.6. The van der Waals surface area contributed by atoms with Crippen LogP contribution in [0.15, 0.2) is 58.1 Å². The zero-order valence-corrected chi connectivity index (χ0v) is 18.0. The van der Waals surface area contributed by atoms with Gasteiger partial charge in [-0.15, -0.1) is 0 Å².